The molecule has 0 aliphatic heterocycles. The lowest BCUT2D eigenvalue weighted by molar-refractivity contribution is 0.0523. The van der Waals surface area contributed by atoms with E-state index in [1.165, 1.54) is 9.75 Å². The predicted molar refractivity (Wildman–Crippen MR) is 79.6 cm³/mol. The van der Waals surface area contributed by atoms with Crippen LogP contribution in [0.4, 0.5) is 4.79 Å². The summed E-state index contributed by atoms with van der Waals surface area (Å²) in [6, 6.07) is 4.45. The number of rotatable bonds is 5. The van der Waals surface area contributed by atoms with Crippen LogP contribution in [-0.2, 0) is 11.3 Å². The molecule has 1 amide bonds. The number of amides is 1. The van der Waals surface area contributed by atoms with Crippen LogP contribution >= 0.6 is 11.3 Å². The Bertz CT molecular complexity index is 410. The fourth-order valence-electron chi connectivity index (χ4n) is 1.48. The molecule has 4 nitrogen and oxygen atoms in total. The van der Waals surface area contributed by atoms with Gasteiger partial charge in [0.15, 0.2) is 0 Å². The van der Waals surface area contributed by atoms with Crippen molar-refractivity contribution in [2.45, 2.75) is 52.8 Å². The van der Waals surface area contributed by atoms with Gasteiger partial charge < -0.3 is 15.4 Å². The topological polar surface area (TPSA) is 50.4 Å². The Balaban J connectivity index is 2.21. The molecule has 0 saturated carbocycles. The predicted octanol–water partition coefficient (Wildman–Crippen LogP) is 3.06. The minimum atomic E-state index is -0.449. The van der Waals surface area contributed by atoms with Gasteiger partial charge in [-0.1, -0.05) is 0 Å². The van der Waals surface area contributed by atoms with Crippen molar-refractivity contribution in [3.8, 4) is 0 Å². The zero-order valence-electron chi connectivity index (χ0n) is 12.4. The van der Waals surface area contributed by atoms with E-state index in [4.69, 9.17) is 4.74 Å². The minimum absolute atomic E-state index is 0.204. The van der Waals surface area contributed by atoms with Gasteiger partial charge in [-0.25, -0.2) is 4.79 Å². The van der Waals surface area contributed by atoms with Gasteiger partial charge >= 0.3 is 6.09 Å². The van der Waals surface area contributed by atoms with Crippen molar-refractivity contribution in [2.75, 3.05) is 6.54 Å². The maximum absolute atomic E-state index is 11.5. The first-order valence-corrected chi connectivity index (χ1v) is 7.33. The number of hydrogen-bond donors (Lipinski definition) is 2. The van der Waals surface area contributed by atoms with Crippen molar-refractivity contribution in [1.29, 1.82) is 0 Å². The van der Waals surface area contributed by atoms with Gasteiger partial charge in [0.2, 0.25) is 0 Å². The molecule has 0 radical (unpaired) electrons. The number of aryl methyl sites for hydroxylation is 1. The van der Waals surface area contributed by atoms with Crippen molar-refractivity contribution in [2.24, 2.45) is 0 Å². The molecule has 1 heterocycles. The molecule has 0 aliphatic rings. The molecule has 1 rings (SSSR count). The van der Waals surface area contributed by atoms with Gasteiger partial charge in [0.05, 0.1) is 0 Å². The maximum Gasteiger partial charge on any atom is 0.407 e. The van der Waals surface area contributed by atoms with E-state index in [2.05, 4.69) is 29.7 Å². The molecule has 1 aromatic heterocycles. The van der Waals surface area contributed by atoms with Crippen LogP contribution in [0.5, 0.6) is 0 Å². The number of carbonyl (C=O) groups excluding carboxylic acids is 1. The molecule has 1 atom stereocenters. The number of carbonyl (C=O) groups is 1. The fraction of sp³-hybridized carbons (Fsp3) is 0.643. The second-order valence-electron chi connectivity index (χ2n) is 5.68. The summed E-state index contributed by atoms with van der Waals surface area (Å²) in [6.45, 7) is 11.1. The maximum atomic E-state index is 11.5. The van der Waals surface area contributed by atoms with Gasteiger partial charge in [-0.15, -0.1) is 11.3 Å². The lowest BCUT2D eigenvalue weighted by Crippen LogP contribution is -2.40. The second-order valence-corrected chi connectivity index (χ2v) is 7.05. The first-order chi connectivity index (χ1) is 8.76. The van der Waals surface area contributed by atoms with Crippen LogP contribution in [0.2, 0.25) is 0 Å². The molecule has 108 valence electrons. The molecule has 0 saturated heterocycles. The van der Waals surface area contributed by atoms with E-state index in [-0.39, 0.29) is 12.1 Å². The van der Waals surface area contributed by atoms with Crippen LogP contribution in [0.1, 0.15) is 37.4 Å². The number of nitrogens with one attached hydrogen (secondary N) is 2. The number of thiophene rings is 1. The van der Waals surface area contributed by atoms with Gasteiger partial charge in [0.25, 0.3) is 0 Å². The third-order valence-corrected chi connectivity index (χ3v) is 3.37. The van der Waals surface area contributed by atoms with Crippen molar-refractivity contribution in [3.63, 3.8) is 0 Å². The zero-order chi connectivity index (χ0) is 14.5. The first kappa shape index (κ1) is 16.0. The van der Waals surface area contributed by atoms with Crippen molar-refractivity contribution in [1.82, 2.24) is 10.6 Å². The largest absolute Gasteiger partial charge is 0.444 e. The first-order valence-electron chi connectivity index (χ1n) is 6.52. The summed E-state index contributed by atoms with van der Waals surface area (Å²) in [6.07, 6.45) is -0.367. The third-order valence-electron chi connectivity index (χ3n) is 2.37. The summed E-state index contributed by atoms with van der Waals surface area (Å²) in [7, 11) is 0. The second kappa shape index (κ2) is 6.91. The van der Waals surface area contributed by atoms with Crippen LogP contribution in [0.3, 0.4) is 0 Å². The van der Waals surface area contributed by atoms with Crippen molar-refractivity contribution < 1.29 is 9.53 Å². The van der Waals surface area contributed by atoms with Crippen molar-refractivity contribution >= 4 is 17.4 Å². The summed E-state index contributed by atoms with van der Waals surface area (Å²) in [5.41, 5.74) is -0.449. The van der Waals surface area contributed by atoms with Crippen LogP contribution in [0, 0.1) is 6.92 Å². The van der Waals surface area contributed by atoms with Gasteiger partial charge in [-0.3, -0.25) is 0 Å². The van der Waals surface area contributed by atoms with Crippen LogP contribution in [0.15, 0.2) is 12.1 Å². The summed E-state index contributed by atoms with van der Waals surface area (Å²) in [5.74, 6) is 0. The van der Waals surface area contributed by atoms with E-state index in [9.17, 15) is 4.79 Å². The molecule has 0 aliphatic carbocycles. The Morgan fingerprint density at radius 2 is 2.11 bits per heavy atom. The molecular formula is C14H24N2O2S. The van der Waals surface area contributed by atoms with Gasteiger partial charge in [0.1, 0.15) is 5.60 Å². The minimum Gasteiger partial charge on any atom is -0.444 e. The number of alkyl carbamates (subject to hydrolysis) is 1. The molecule has 1 aromatic rings. The van der Waals surface area contributed by atoms with E-state index >= 15 is 0 Å². The van der Waals surface area contributed by atoms with Gasteiger partial charge in [0, 0.05) is 28.9 Å². The van der Waals surface area contributed by atoms with Gasteiger partial charge in [-0.2, -0.15) is 0 Å². The van der Waals surface area contributed by atoms with E-state index in [1.807, 2.05) is 27.7 Å². The molecule has 5 heteroatoms. The Morgan fingerprint density at radius 1 is 1.42 bits per heavy atom. The SMILES string of the molecule is Cc1ccc(CNC(C)CNC(=O)OC(C)(C)C)s1. The molecule has 0 fully saturated rings. The average Bonchev–Trinajstić information content (AvgIpc) is 2.67. The summed E-state index contributed by atoms with van der Waals surface area (Å²) in [5, 5.41) is 6.13. The smallest absolute Gasteiger partial charge is 0.407 e. The highest BCUT2D eigenvalue weighted by Gasteiger charge is 2.16. The van der Waals surface area contributed by atoms with E-state index in [1.54, 1.807) is 11.3 Å². The highest BCUT2D eigenvalue weighted by atomic mass is 32.1. The lowest BCUT2D eigenvalue weighted by atomic mass is 10.2. The van der Waals surface area contributed by atoms with E-state index in [0.29, 0.717) is 6.54 Å². The normalized spacial score (nSPS) is 13.1. The molecule has 2 N–H and O–H groups in total. The lowest BCUT2D eigenvalue weighted by Gasteiger charge is -2.21. The van der Waals surface area contributed by atoms with Gasteiger partial charge in [-0.05, 0) is 46.8 Å². The van der Waals surface area contributed by atoms with Crippen molar-refractivity contribution in [3.05, 3.63) is 21.9 Å². The number of hydrogen-bond acceptors (Lipinski definition) is 4. The fourth-order valence-corrected chi connectivity index (χ4v) is 2.32. The van der Waals surface area contributed by atoms with Crippen LogP contribution in [-0.4, -0.2) is 24.3 Å². The zero-order valence-corrected chi connectivity index (χ0v) is 13.2. The quantitative estimate of drug-likeness (QED) is 0.873. The molecule has 0 bridgehead atoms. The summed E-state index contributed by atoms with van der Waals surface area (Å²) < 4.78 is 5.18. The Labute approximate surface area is 119 Å². The average molecular weight is 284 g/mol. The van der Waals surface area contributed by atoms with Crippen LogP contribution < -0.4 is 10.6 Å². The summed E-state index contributed by atoms with van der Waals surface area (Å²) >= 11 is 1.79. The highest BCUT2D eigenvalue weighted by Crippen LogP contribution is 2.14. The standard InChI is InChI=1S/C14H24N2O2S/c1-10(8-16-13(17)18-14(3,4)5)15-9-12-7-6-11(2)19-12/h6-7,10,15H,8-9H2,1-5H3,(H,16,17). The molecule has 1 unspecified atom stereocenters. The highest BCUT2D eigenvalue weighted by molar-refractivity contribution is 7.11. The number of ether oxygens (including phenoxy) is 1. The Kier molecular flexibility index (Phi) is 5.82. The van der Waals surface area contributed by atoms with E-state index < -0.39 is 5.60 Å². The molecular weight excluding hydrogens is 260 g/mol. The molecule has 0 spiro atoms. The monoisotopic (exact) mass is 284 g/mol. The Hall–Kier alpha value is -1.07. The van der Waals surface area contributed by atoms with E-state index in [0.717, 1.165) is 6.54 Å². The molecule has 0 aromatic carbocycles. The molecule has 19 heavy (non-hydrogen) atoms. The Morgan fingerprint density at radius 3 is 2.63 bits per heavy atom. The summed E-state index contributed by atoms with van der Waals surface area (Å²) in [4.78, 5) is 14.1. The third kappa shape index (κ3) is 7.18. The van der Waals surface area contributed by atoms with Crippen LogP contribution in [0.25, 0.3) is 0 Å².